The summed E-state index contributed by atoms with van der Waals surface area (Å²) in [5.74, 6) is 1.88. The van der Waals surface area contributed by atoms with Crippen LogP contribution in [-0.2, 0) is 11.8 Å². The molecule has 1 aromatic heterocycles. The van der Waals surface area contributed by atoms with Crippen molar-refractivity contribution in [2.45, 2.75) is 19.8 Å². The van der Waals surface area contributed by atoms with E-state index in [1.165, 1.54) is 5.56 Å². The van der Waals surface area contributed by atoms with E-state index in [0.29, 0.717) is 17.7 Å². The first-order valence-corrected chi connectivity index (χ1v) is 7.54. The van der Waals surface area contributed by atoms with Crippen molar-refractivity contribution < 1.29 is 4.79 Å². The molecule has 6 heteroatoms. The molecule has 0 aliphatic carbocycles. The van der Waals surface area contributed by atoms with Crippen LogP contribution in [0.3, 0.4) is 0 Å². The molecular formula is C15H25ClN4O. The first-order chi connectivity index (χ1) is 9.56. The SMILES string of the molecule is CC1CN(C(=O)[C@H]2CNC[C@@H]2c2cnn(C)c2)CC1C.Cl. The van der Waals surface area contributed by atoms with Crippen LogP contribution in [0.5, 0.6) is 0 Å². The molecule has 3 heterocycles. The molecular weight excluding hydrogens is 288 g/mol. The average molecular weight is 313 g/mol. The van der Waals surface area contributed by atoms with Crippen LogP contribution in [-0.4, -0.2) is 46.8 Å². The minimum absolute atomic E-state index is 0. The Morgan fingerprint density at radius 1 is 1.29 bits per heavy atom. The molecule has 0 spiro atoms. The molecule has 118 valence electrons. The fourth-order valence-electron chi connectivity index (χ4n) is 3.46. The van der Waals surface area contributed by atoms with Gasteiger partial charge < -0.3 is 10.2 Å². The van der Waals surface area contributed by atoms with E-state index < -0.39 is 0 Å². The Morgan fingerprint density at radius 2 is 1.95 bits per heavy atom. The molecule has 1 amide bonds. The van der Waals surface area contributed by atoms with E-state index in [9.17, 15) is 4.79 Å². The van der Waals surface area contributed by atoms with Crippen LogP contribution < -0.4 is 5.32 Å². The molecule has 2 aliphatic heterocycles. The lowest BCUT2D eigenvalue weighted by Gasteiger charge is -2.23. The Balaban J connectivity index is 0.00000161. The van der Waals surface area contributed by atoms with Crippen molar-refractivity contribution in [3.8, 4) is 0 Å². The smallest absolute Gasteiger partial charge is 0.227 e. The van der Waals surface area contributed by atoms with Gasteiger partial charge in [0.25, 0.3) is 0 Å². The van der Waals surface area contributed by atoms with Gasteiger partial charge in [-0.05, 0) is 17.4 Å². The van der Waals surface area contributed by atoms with Gasteiger partial charge in [-0.1, -0.05) is 13.8 Å². The summed E-state index contributed by atoms with van der Waals surface area (Å²) in [7, 11) is 1.92. The molecule has 0 radical (unpaired) electrons. The summed E-state index contributed by atoms with van der Waals surface area (Å²) >= 11 is 0. The van der Waals surface area contributed by atoms with Crippen molar-refractivity contribution in [2.75, 3.05) is 26.2 Å². The third-order valence-corrected chi connectivity index (χ3v) is 4.98. The van der Waals surface area contributed by atoms with Crippen LogP contribution >= 0.6 is 12.4 Å². The number of likely N-dealkylation sites (tertiary alicyclic amines) is 1. The van der Waals surface area contributed by atoms with E-state index in [0.717, 1.165) is 26.2 Å². The van der Waals surface area contributed by atoms with Crippen LogP contribution in [0.15, 0.2) is 12.4 Å². The molecule has 1 aromatic rings. The molecule has 0 aromatic carbocycles. The summed E-state index contributed by atoms with van der Waals surface area (Å²) < 4.78 is 1.81. The molecule has 3 rings (SSSR count). The molecule has 5 nitrogen and oxygen atoms in total. The highest BCUT2D eigenvalue weighted by atomic mass is 35.5. The van der Waals surface area contributed by atoms with E-state index in [1.54, 1.807) is 0 Å². The zero-order valence-corrected chi connectivity index (χ0v) is 13.8. The Morgan fingerprint density at radius 3 is 2.52 bits per heavy atom. The monoisotopic (exact) mass is 312 g/mol. The number of nitrogens with zero attached hydrogens (tertiary/aromatic N) is 3. The molecule has 2 fully saturated rings. The van der Waals surface area contributed by atoms with Gasteiger partial charge in [-0.15, -0.1) is 12.4 Å². The maximum Gasteiger partial charge on any atom is 0.227 e. The quantitative estimate of drug-likeness (QED) is 0.894. The standard InChI is InChI=1S/C15H24N4O.ClH/c1-10-7-19(8-11(10)2)15(20)14-6-16-5-13(14)12-4-17-18(3)9-12;/h4,9-11,13-14,16H,5-8H2,1-3H3;1H/t10?,11?,13-,14+;/m1./s1. The second-order valence-electron chi connectivity index (χ2n) is 6.52. The predicted octanol–water partition coefficient (Wildman–Crippen LogP) is 1.26. The largest absolute Gasteiger partial charge is 0.342 e. The van der Waals surface area contributed by atoms with Gasteiger partial charge >= 0.3 is 0 Å². The first kappa shape index (κ1) is 16.3. The molecule has 0 bridgehead atoms. The highest BCUT2D eigenvalue weighted by Crippen LogP contribution is 2.32. The number of halogens is 1. The summed E-state index contributed by atoms with van der Waals surface area (Å²) in [5.41, 5.74) is 1.18. The topological polar surface area (TPSA) is 50.2 Å². The normalized spacial score (nSPS) is 32.2. The van der Waals surface area contributed by atoms with Crippen LogP contribution in [0, 0.1) is 17.8 Å². The maximum atomic E-state index is 12.8. The minimum Gasteiger partial charge on any atom is -0.342 e. The molecule has 0 saturated carbocycles. The van der Waals surface area contributed by atoms with Crippen molar-refractivity contribution in [3.05, 3.63) is 18.0 Å². The number of carbonyl (C=O) groups is 1. The molecule has 2 unspecified atom stereocenters. The number of hydrogen-bond donors (Lipinski definition) is 1. The van der Waals surface area contributed by atoms with Crippen LogP contribution in [0.4, 0.5) is 0 Å². The summed E-state index contributed by atoms with van der Waals surface area (Å²) in [6.07, 6.45) is 3.93. The van der Waals surface area contributed by atoms with Crippen LogP contribution in [0.25, 0.3) is 0 Å². The van der Waals surface area contributed by atoms with Gasteiger partial charge in [-0.2, -0.15) is 5.10 Å². The maximum absolute atomic E-state index is 12.8. The first-order valence-electron chi connectivity index (χ1n) is 7.54. The van der Waals surface area contributed by atoms with Gasteiger partial charge in [-0.3, -0.25) is 9.48 Å². The number of nitrogens with one attached hydrogen (secondary N) is 1. The van der Waals surface area contributed by atoms with Gasteiger partial charge in [0, 0.05) is 45.3 Å². The summed E-state index contributed by atoms with van der Waals surface area (Å²) in [4.78, 5) is 14.9. The Bertz CT molecular complexity index is 494. The lowest BCUT2D eigenvalue weighted by Crippen LogP contribution is -2.37. The lowest BCUT2D eigenvalue weighted by atomic mass is 9.90. The third-order valence-electron chi connectivity index (χ3n) is 4.98. The Hall–Kier alpha value is -1.07. The van der Waals surface area contributed by atoms with Crippen LogP contribution in [0.1, 0.15) is 25.3 Å². The van der Waals surface area contributed by atoms with Gasteiger partial charge in [0.05, 0.1) is 12.1 Å². The number of amides is 1. The van der Waals surface area contributed by atoms with E-state index in [4.69, 9.17) is 0 Å². The zero-order chi connectivity index (χ0) is 14.3. The molecule has 2 aliphatic rings. The van der Waals surface area contributed by atoms with E-state index in [-0.39, 0.29) is 24.2 Å². The van der Waals surface area contributed by atoms with E-state index >= 15 is 0 Å². The van der Waals surface area contributed by atoms with Gasteiger partial charge in [0.2, 0.25) is 5.91 Å². The van der Waals surface area contributed by atoms with Crippen molar-refractivity contribution in [1.29, 1.82) is 0 Å². The zero-order valence-electron chi connectivity index (χ0n) is 13.0. The van der Waals surface area contributed by atoms with E-state index in [1.807, 2.05) is 24.1 Å². The summed E-state index contributed by atoms with van der Waals surface area (Å²) in [5, 5.41) is 7.61. The van der Waals surface area contributed by atoms with Crippen molar-refractivity contribution in [1.82, 2.24) is 20.0 Å². The van der Waals surface area contributed by atoms with Gasteiger partial charge in [-0.25, -0.2) is 0 Å². The third kappa shape index (κ3) is 3.09. The highest BCUT2D eigenvalue weighted by molar-refractivity contribution is 5.85. The molecule has 2 saturated heterocycles. The second-order valence-corrected chi connectivity index (χ2v) is 6.52. The molecule has 4 atom stereocenters. The minimum atomic E-state index is 0. The van der Waals surface area contributed by atoms with Crippen molar-refractivity contribution in [3.63, 3.8) is 0 Å². The fraction of sp³-hybridized carbons (Fsp3) is 0.733. The number of carbonyl (C=O) groups excluding carboxylic acids is 1. The number of rotatable bonds is 2. The summed E-state index contributed by atoms with van der Waals surface area (Å²) in [6.45, 7) is 7.97. The van der Waals surface area contributed by atoms with Crippen molar-refractivity contribution >= 4 is 18.3 Å². The molecule has 21 heavy (non-hydrogen) atoms. The Kier molecular flexibility index (Phi) is 4.94. The van der Waals surface area contributed by atoms with Crippen molar-refractivity contribution in [2.24, 2.45) is 24.8 Å². The number of hydrogen-bond acceptors (Lipinski definition) is 3. The predicted molar refractivity (Wildman–Crippen MR) is 84.5 cm³/mol. The van der Waals surface area contributed by atoms with E-state index in [2.05, 4.69) is 29.2 Å². The second kappa shape index (κ2) is 6.36. The average Bonchev–Trinajstić information content (AvgIpc) is 3.10. The number of aromatic nitrogens is 2. The Labute approximate surface area is 132 Å². The molecule has 1 N–H and O–H groups in total. The fourth-order valence-corrected chi connectivity index (χ4v) is 3.46. The van der Waals surface area contributed by atoms with Gasteiger partial charge in [0.15, 0.2) is 0 Å². The lowest BCUT2D eigenvalue weighted by molar-refractivity contribution is -0.134. The highest BCUT2D eigenvalue weighted by Gasteiger charge is 2.39. The van der Waals surface area contributed by atoms with Crippen LogP contribution in [0.2, 0.25) is 0 Å². The van der Waals surface area contributed by atoms with Gasteiger partial charge in [0.1, 0.15) is 0 Å². The number of aryl methyl sites for hydroxylation is 1. The summed E-state index contributed by atoms with van der Waals surface area (Å²) in [6, 6.07) is 0.